The molecule has 27 heavy (non-hydrogen) atoms. The molecule has 0 aliphatic carbocycles. The van der Waals surface area contributed by atoms with Gasteiger partial charge in [-0.2, -0.15) is 0 Å². The van der Waals surface area contributed by atoms with Gasteiger partial charge in [0.15, 0.2) is 6.61 Å². The SMILES string of the molecule is CC(=O)N1CCN(c2ccc(OCC(=O)Nc3ccc(Cl)cc3)cc2)CC1. The predicted octanol–water partition coefficient (Wildman–Crippen LogP) is 3.03. The topological polar surface area (TPSA) is 61.9 Å². The Labute approximate surface area is 163 Å². The van der Waals surface area contributed by atoms with Crippen molar-refractivity contribution in [2.45, 2.75) is 6.92 Å². The zero-order chi connectivity index (χ0) is 19.2. The van der Waals surface area contributed by atoms with Crippen LogP contribution in [0, 0.1) is 0 Å². The summed E-state index contributed by atoms with van der Waals surface area (Å²) in [5.41, 5.74) is 1.75. The first kappa shape index (κ1) is 19.0. The van der Waals surface area contributed by atoms with Crippen LogP contribution in [-0.2, 0) is 9.59 Å². The van der Waals surface area contributed by atoms with Crippen molar-refractivity contribution in [1.82, 2.24) is 4.90 Å². The number of amides is 2. The lowest BCUT2D eigenvalue weighted by Crippen LogP contribution is -2.48. The monoisotopic (exact) mass is 387 g/mol. The summed E-state index contributed by atoms with van der Waals surface area (Å²) >= 11 is 5.82. The molecule has 3 rings (SSSR count). The van der Waals surface area contributed by atoms with E-state index in [-0.39, 0.29) is 18.4 Å². The second-order valence-electron chi connectivity index (χ2n) is 6.33. The molecule has 2 aromatic rings. The van der Waals surface area contributed by atoms with Crippen molar-refractivity contribution in [3.05, 3.63) is 53.6 Å². The van der Waals surface area contributed by atoms with Crippen molar-refractivity contribution in [1.29, 1.82) is 0 Å². The number of carbonyl (C=O) groups excluding carboxylic acids is 2. The molecule has 1 heterocycles. The van der Waals surface area contributed by atoms with Crippen molar-refractivity contribution in [3.8, 4) is 5.75 Å². The molecule has 1 aliphatic rings. The van der Waals surface area contributed by atoms with E-state index in [9.17, 15) is 9.59 Å². The van der Waals surface area contributed by atoms with Gasteiger partial charge in [-0.15, -0.1) is 0 Å². The molecule has 6 nitrogen and oxygen atoms in total. The molecule has 0 atom stereocenters. The minimum absolute atomic E-state index is 0.0702. The number of hydrogen-bond donors (Lipinski definition) is 1. The maximum atomic E-state index is 12.0. The molecule has 2 amide bonds. The number of hydrogen-bond acceptors (Lipinski definition) is 4. The first-order valence-corrected chi connectivity index (χ1v) is 9.18. The summed E-state index contributed by atoms with van der Waals surface area (Å²) in [7, 11) is 0. The van der Waals surface area contributed by atoms with Crippen molar-refractivity contribution >= 4 is 34.8 Å². The van der Waals surface area contributed by atoms with E-state index < -0.39 is 0 Å². The van der Waals surface area contributed by atoms with E-state index in [1.807, 2.05) is 29.2 Å². The van der Waals surface area contributed by atoms with Crippen molar-refractivity contribution in [2.24, 2.45) is 0 Å². The first-order chi connectivity index (χ1) is 13.0. The number of nitrogens with zero attached hydrogens (tertiary/aromatic N) is 2. The molecule has 1 saturated heterocycles. The Morgan fingerprint density at radius 1 is 1.00 bits per heavy atom. The zero-order valence-electron chi connectivity index (χ0n) is 15.2. The Hall–Kier alpha value is -2.73. The minimum Gasteiger partial charge on any atom is -0.484 e. The van der Waals surface area contributed by atoms with Crippen molar-refractivity contribution in [3.63, 3.8) is 0 Å². The van der Waals surface area contributed by atoms with Gasteiger partial charge in [0.1, 0.15) is 5.75 Å². The molecule has 0 aromatic heterocycles. The summed E-state index contributed by atoms with van der Waals surface area (Å²) < 4.78 is 5.55. The molecule has 1 N–H and O–H groups in total. The molecule has 142 valence electrons. The van der Waals surface area contributed by atoms with Gasteiger partial charge in [0, 0.05) is 49.5 Å². The number of piperazine rings is 1. The average molecular weight is 388 g/mol. The molecule has 0 unspecified atom stereocenters. The maximum absolute atomic E-state index is 12.0. The number of benzene rings is 2. The minimum atomic E-state index is -0.234. The van der Waals surface area contributed by atoms with Gasteiger partial charge in [-0.1, -0.05) is 11.6 Å². The number of anilines is 2. The van der Waals surface area contributed by atoms with E-state index >= 15 is 0 Å². The summed E-state index contributed by atoms with van der Waals surface area (Å²) in [6.07, 6.45) is 0. The maximum Gasteiger partial charge on any atom is 0.262 e. The van der Waals surface area contributed by atoms with E-state index in [1.54, 1.807) is 31.2 Å². The largest absolute Gasteiger partial charge is 0.484 e. The highest BCUT2D eigenvalue weighted by Crippen LogP contribution is 2.21. The highest BCUT2D eigenvalue weighted by molar-refractivity contribution is 6.30. The van der Waals surface area contributed by atoms with Crippen LogP contribution in [0.3, 0.4) is 0 Å². The summed E-state index contributed by atoms with van der Waals surface area (Å²) in [4.78, 5) is 27.4. The van der Waals surface area contributed by atoms with E-state index in [4.69, 9.17) is 16.3 Å². The number of rotatable bonds is 5. The molecule has 1 aliphatic heterocycles. The lowest BCUT2D eigenvalue weighted by molar-refractivity contribution is -0.129. The van der Waals surface area contributed by atoms with Crippen LogP contribution < -0.4 is 15.0 Å². The van der Waals surface area contributed by atoms with Crippen LogP contribution in [-0.4, -0.2) is 49.5 Å². The van der Waals surface area contributed by atoms with Gasteiger partial charge in [-0.25, -0.2) is 0 Å². The summed E-state index contributed by atoms with van der Waals surface area (Å²) in [6, 6.07) is 14.5. The van der Waals surface area contributed by atoms with Crippen LogP contribution in [0.5, 0.6) is 5.75 Å². The van der Waals surface area contributed by atoms with Gasteiger partial charge in [0.2, 0.25) is 5.91 Å². The second-order valence-corrected chi connectivity index (χ2v) is 6.77. The van der Waals surface area contributed by atoms with Crippen molar-refractivity contribution < 1.29 is 14.3 Å². The zero-order valence-corrected chi connectivity index (χ0v) is 15.9. The van der Waals surface area contributed by atoms with E-state index in [1.165, 1.54) is 0 Å². The Morgan fingerprint density at radius 2 is 1.63 bits per heavy atom. The Kier molecular flexibility index (Phi) is 6.19. The van der Waals surface area contributed by atoms with E-state index in [0.29, 0.717) is 16.5 Å². The van der Waals surface area contributed by atoms with Crippen molar-refractivity contribution in [2.75, 3.05) is 43.0 Å². The predicted molar refractivity (Wildman–Crippen MR) is 106 cm³/mol. The quantitative estimate of drug-likeness (QED) is 0.856. The third-order valence-corrected chi connectivity index (χ3v) is 4.68. The van der Waals surface area contributed by atoms with E-state index in [2.05, 4.69) is 10.2 Å². The third kappa shape index (κ3) is 5.37. The molecule has 7 heteroatoms. The van der Waals surface area contributed by atoms with Gasteiger partial charge in [0.05, 0.1) is 0 Å². The molecule has 0 saturated carbocycles. The first-order valence-electron chi connectivity index (χ1n) is 8.80. The number of carbonyl (C=O) groups is 2. The van der Waals surface area contributed by atoms with Gasteiger partial charge >= 0.3 is 0 Å². The number of ether oxygens (including phenoxy) is 1. The average Bonchev–Trinajstić information content (AvgIpc) is 2.69. The molecule has 2 aromatic carbocycles. The Balaban J connectivity index is 1.47. The summed E-state index contributed by atoms with van der Waals surface area (Å²) in [6.45, 7) is 4.62. The fourth-order valence-electron chi connectivity index (χ4n) is 2.91. The third-order valence-electron chi connectivity index (χ3n) is 4.42. The van der Waals surface area contributed by atoms with Crippen LogP contribution in [0.25, 0.3) is 0 Å². The van der Waals surface area contributed by atoms with Gasteiger partial charge in [-0.3, -0.25) is 9.59 Å². The molecule has 1 fully saturated rings. The Morgan fingerprint density at radius 3 is 2.22 bits per heavy atom. The molecular weight excluding hydrogens is 366 g/mol. The lowest BCUT2D eigenvalue weighted by Gasteiger charge is -2.35. The highest BCUT2D eigenvalue weighted by atomic mass is 35.5. The Bertz CT molecular complexity index is 785. The summed E-state index contributed by atoms with van der Waals surface area (Å²) in [5, 5.41) is 3.37. The molecular formula is C20H22ClN3O3. The van der Waals surface area contributed by atoms with Crippen LogP contribution in [0.2, 0.25) is 5.02 Å². The standard InChI is InChI=1S/C20H22ClN3O3/c1-15(25)23-10-12-24(13-11-23)18-6-8-19(9-7-18)27-14-20(26)22-17-4-2-16(21)3-5-17/h2-9H,10-14H2,1H3,(H,22,26). The highest BCUT2D eigenvalue weighted by Gasteiger charge is 2.18. The summed E-state index contributed by atoms with van der Waals surface area (Å²) in [5.74, 6) is 0.518. The smallest absolute Gasteiger partial charge is 0.262 e. The van der Waals surface area contributed by atoms with E-state index in [0.717, 1.165) is 31.9 Å². The number of halogens is 1. The van der Waals surface area contributed by atoms with Gasteiger partial charge in [0.25, 0.3) is 5.91 Å². The molecule has 0 radical (unpaired) electrons. The van der Waals surface area contributed by atoms with Crippen LogP contribution in [0.4, 0.5) is 11.4 Å². The second kappa shape index (κ2) is 8.77. The fraction of sp³-hybridized carbons (Fsp3) is 0.300. The molecule has 0 bridgehead atoms. The normalized spacial score (nSPS) is 14.0. The fourth-order valence-corrected chi connectivity index (χ4v) is 3.04. The van der Waals surface area contributed by atoms with Gasteiger partial charge < -0.3 is 19.9 Å². The lowest BCUT2D eigenvalue weighted by atomic mass is 10.2. The van der Waals surface area contributed by atoms with Crippen LogP contribution >= 0.6 is 11.6 Å². The van der Waals surface area contributed by atoms with Gasteiger partial charge in [-0.05, 0) is 48.5 Å². The van der Waals surface area contributed by atoms with Crippen LogP contribution in [0.15, 0.2) is 48.5 Å². The molecule has 0 spiro atoms. The van der Waals surface area contributed by atoms with Crippen LogP contribution in [0.1, 0.15) is 6.92 Å². The number of nitrogens with one attached hydrogen (secondary N) is 1.